The number of amidine groups is 1. The average Bonchev–Trinajstić information content (AvgIpc) is 2.38. The Morgan fingerprint density at radius 2 is 2.26 bits per heavy atom. The van der Waals surface area contributed by atoms with Gasteiger partial charge in [0.25, 0.3) is 0 Å². The summed E-state index contributed by atoms with van der Waals surface area (Å²) in [6.45, 7) is 3.65. The van der Waals surface area contributed by atoms with Crippen molar-refractivity contribution in [2.45, 2.75) is 25.4 Å². The minimum absolute atomic E-state index is 0.112. The standard InChI is InChI=1S/C14H20FN3O/c1-14(19-2)6-3-7-18(9-14)12-5-4-10(15)8-11(12)13(16)17/h4-5,8H,3,6-7,9H2,1-2H3,(H3,16,17). The predicted molar refractivity (Wildman–Crippen MR) is 74.3 cm³/mol. The third-order valence-electron chi connectivity index (χ3n) is 3.74. The molecule has 4 nitrogen and oxygen atoms in total. The van der Waals surface area contributed by atoms with Crippen LogP contribution in [0.5, 0.6) is 0 Å². The molecule has 19 heavy (non-hydrogen) atoms. The number of hydrogen-bond donors (Lipinski definition) is 2. The zero-order valence-corrected chi connectivity index (χ0v) is 11.4. The summed E-state index contributed by atoms with van der Waals surface area (Å²) in [4.78, 5) is 2.11. The number of nitrogens with one attached hydrogen (secondary N) is 1. The summed E-state index contributed by atoms with van der Waals surface area (Å²) < 4.78 is 18.9. The van der Waals surface area contributed by atoms with Gasteiger partial charge in [0.05, 0.1) is 5.60 Å². The fraction of sp³-hybridized carbons (Fsp3) is 0.500. The van der Waals surface area contributed by atoms with E-state index in [1.807, 2.05) is 0 Å². The van der Waals surface area contributed by atoms with Crippen molar-refractivity contribution in [3.63, 3.8) is 0 Å². The molecule has 3 N–H and O–H groups in total. The summed E-state index contributed by atoms with van der Waals surface area (Å²) in [5.41, 5.74) is 6.59. The topological polar surface area (TPSA) is 62.3 Å². The minimum atomic E-state index is -0.375. The lowest BCUT2D eigenvalue weighted by molar-refractivity contribution is -0.00466. The maximum Gasteiger partial charge on any atom is 0.125 e. The SMILES string of the molecule is COC1(C)CCCN(c2ccc(F)cc2C(=N)N)C1. The van der Waals surface area contributed by atoms with E-state index in [2.05, 4.69) is 11.8 Å². The van der Waals surface area contributed by atoms with Gasteiger partial charge >= 0.3 is 0 Å². The van der Waals surface area contributed by atoms with Crippen LogP contribution in [0.2, 0.25) is 0 Å². The Labute approximate surface area is 112 Å². The Kier molecular flexibility index (Phi) is 3.75. The van der Waals surface area contributed by atoms with Crippen LogP contribution in [-0.4, -0.2) is 31.6 Å². The van der Waals surface area contributed by atoms with E-state index in [1.165, 1.54) is 12.1 Å². The molecule has 5 heteroatoms. The van der Waals surface area contributed by atoms with E-state index < -0.39 is 0 Å². The largest absolute Gasteiger partial charge is 0.384 e. The zero-order valence-electron chi connectivity index (χ0n) is 11.4. The molecule has 1 fully saturated rings. The number of nitrogen functional groups attached to an aromatic ring is 1. The van der Waals surface area contributed by atoms with Crippen LogP contribution in [0.3, 0.4) is 0 Å². The molecule has 0 radical (unpaired) electrons. The third kappa shape index (κ3) is 2.87. The number of piperidine rings is 1. The first-order valence-corrected chi connectivity index (χ1v) is 6.39. The van der Waals surface area contributed by atoms with E-state index in [0.717, 1.165) is 31.6 Å². The number of methoxy groups -OCH3 is 1. The lowest BCUT2D eigenvalue weighted by Crippen LogP contribution is -2.48. The first-order valence-electron chi connectivity index (χ1n) is 6.39. The molecular formula is C14H20FN3O. The van der Waals surface area contributed by atoms with E-state index >= 15 is 0 Å². The second-order valence-corrected chi connectivity index (χ2v) is 5.25. The van der Waals surface area contributed by atoms with Gasteiger partial charge in [0.2, 0.25) is 0 Å². The van der Waals surface area contributed by atoms with Crippen LogP contribution >= 0.6 is 0 Å². The van der Waals surface area contributed by atoms with E-state index in [4.69, 9.17) is 15.9 Å². The van der Waals surface area contributed by atoms with Gasteiger partial charge < -0.3 is 15.4 Å². The van der Waals surface area contributed by atoms with Crippen LogP contribution in [0.25, 0.3) is 0 Å². The van der Waals surface area contributed by atoms with Gasteiger partial charge in [-0.3, -0.25) is 5.41 Å². The maximum absolute atomic E-state index is 13.3. The summed E-state index contributed by atoms with van der Waals surface area (Å²) in [6, 6.07) is 4.41. The van der Waals surface area contributed by atoms with E-state index in [1.54, 1.807) is 13.2 Å². The zero-order chi connectivity index (χ0) is 14.0. The maximum atomic E-state index is 13.3. The summed E-state index contributed by atoms with van der Waals surface area (Å²) >= 11 is 0. The number of rotatable bonds is 3. The van der Waals surface area contributed by atoms with Crippen LogP contribution in [0.1, 0.15) is 25.3 Å². The summed E-state index contributed by atoms with van der Waals surface area (Å²) in [7, 11) is 1.71. The first kappa shape index (κ1) is 13.8. The molecular weight excluding hydrogens is 245 g/mol. The normalized spacial score (nSPS) is 23.4. The van der Waals surface area contributed by atoms with Crippen LogP contribution < -0.4 is 10.6 Å². The molecule has 1 saturated heterocycles. The molecule has 0 aromatic heterocycles. The van der Waals surface area contributed by atoms with Crippen LogP contribution in [0.4, 0.5) is 10.1 Å². The number of halogens is 1. The minimum Gasteiger partial charge on any atom is -0.384 e. The van der Waals surface area contributed by atoms with Crippen molar-refractivity contribution in [3.8, 4) is 0 Å². The summed E-state index contributed by atoms with van der Waals surface area (Å²) in [5.74, 6) is -0.486. The molecule has 1 aliphatic heterocycles. The molecule has 1 atom stereocenters. The van der Waals surface area contributed by atoms with Crippen molar-refractivity contribution < 1.29 is 9.13 Å². The Bertz CT molecular complexity index is 492. The highest BCUT2D eigenvalue weighted by Crippen LogP contribution is 2.30. The van der Waals surface area contributed by atoms with Crippen molar-refractivity contribution in [1.29, 1.82) is 5.41 Å². The van der Waals surface area contributed by atoms with Gasteiger partial charge in [0, 0.05) is 31.5 Å². The number of anilines is 1. The van der Waals surface area contributed by atoms with Crippen molar-refractivity contribution in [2.24, 2.45) is 5.73 Å². The highest BCUT2D eigenvalue weighted by Gasteiger charge is 2.31. The number of benzene rings is 1. The number of nitrogens with zero attached hydrogens (tertiary/aromatic N) is 1. The van der Waals surface area contributed by atoms with Crippen molar-refractivity contribution in [2.75, 3.05) is 25.1 Å². The van der Waals surface area contributed by atoms with Gasteiger partial charge in [-0.15, -0.1) is 0 Å². The second-order valence-electron chi connectivity index (χ2n) is 5.25. The lowest BCUT2D eigenvalue weighted by Gasteiger charge is -2.41. The third-order valence-corrected chi connectivity index (χ3v) is 3.74. The van der Waals surface area contributed by atoms with E-state index in [9.17, 15) is 4.39 Å². The molecule has 1 aromatic rings. The molecule has 1 unspecified atom stereocenters. The van der Waals surface area contributed by atoms with Crippen LogP contribution in [0.15, 0.2) is 18.2 Å². The van der Waals surface area contributed by atoms with Gasteiger partial charge in [0.15, 0.2) is 0 Å². The molecule has 0 saturated carbocycles. The van der Waals surface area contributed by atoms with Gasteiger partial charge in [0.1, 0.15) is 11.7 Å². The van der Waals surface area contributed by atoms with Crippen molar-refractivity contribution in [1.82, 2.24) is 0 Å². The highest BCUT2D eigenvalue weighted by molar-refractivity contribution is 6.00. The van der Waals surface area contributed by atoms with Gasteiger partial charge in [-0.2, -0.15) is 0 Å². The fourth-order valence-electron chi connectivity index (χ4n) is 2.58. The Morgan fingerprint density at radius 1 is 1.53 bits per heavy atom. The Morgan fingerprint density at radius 3 is 2.89 bits per heavy atom. The number of nitrogens with two attached hydrogens (primary N) is 1. The number of ether oxygens (including phenoxy) is 1. The van der Waals surface area contributed by atoms with Crippen molar-refractivity contribution >= 4 is 11.5 Å². The quantitative estimate of drug-likeness (QED) is 0.650. The Balaban J connectivity index is 2.33. The smallest absolute Gasteiger partial charge is 0.125 e. The number of hydrogen-bond acceptors (Lipinski definition) is 3. The van der Waals surface area contributed by atoms with E-state index in [0.29, 0.717) is 5.56 Å². The highest BCUT2D eigenvalue weighted by atomic mass is 19.1. The average molecular weight is 265 g/mol. The molecule has 1 aromatic carbocycles. The molecule has 0 aliphatic carbocycles. The molecule has 1 aliphatic rings. The molecule has 104 valence electrons. The molecule has 1 heterocycles. The first-order chi connectivity index (χ1) is 8.95. The van der Waals surface area contributed by atoms with Gasteiger partial charge in [-0.25, -0.2) is 4.39 Å². The predicted octanol–water partition coefficient (Wildman–Crippen LogP) is 2.12. The van der Waals surface area contributed by atoms with E-state index in [-0.39, 0.29) is 17.3 Å². The molecule has 2 rings (SSSR count). The fourth-order valence-corrected chi connectivity index (χ4v) is 2.58. The lowest BCUT2D eigenvalue weighted by atomic mass is 9.93. The van der Waals surface area contributed by atoms with Gasteiger partial charge in [-0.1, -0.05) is 0 Å². The summed E-state index contributed by atoms with van der Waals surface area (Å²) in [6.07, 6.45) is 2.00. The second kappa shape index (κ2) is 5.17. The summed E-state index contributed by atoms with van der Waals surface area (Å²) in [5, 5.41) is 7.59. The molecule has 0 bridgehead atoms. The molecule has 0 spiro atoms. The van der Waals surface area contributed by atoms with Crippen molar-refractivity contribution in [3.05, 3.63) is 29.6 Å². The van der Waals surface area contributed by atoms with Crippen LogP contribution in [-0.2, 0) is 4.74 Å². The molecule has 0 amide bonds. The Hall–Kier alpha value is -1.62. The van der Waals surface area contributed by atoms with Crippen LogP contribution in [0, 0.1) is 11.2 Å². The van der Waals surface area contributed by atoms with Gasteiger partial charge in [-0.05, 0) is 38.0 Å². The monoisotopic (exact) mass is 265 g/mol.